The van der Waals surface area contributed by atoms with E-state index in [1.54, 1.807) is 12.1 Å². The van der Waals surface area contributed by atoms with Crippen molar-refractivity contribution in [2.45, 2.75) is 19.3 Å². The molecule has 0 radical (unpaired) electrons. The Balaban J connectivity index is 2.12. The monoisotopic (exact) mass is 295 g/mol. The number of benzene rings is 2. The lowest BCUT2D eigenvalue weighted by Crippen LogP contribution is -2.11. The number of ether oxygens (including phenoxy) is 1. The minimum atomic E-state index is -4.37. The number of halogens is 3. The molecule has 0 heterocycles. The van der Waals surface area contributed by atoms with Gasteiger partial charge in [-0.15, -0.1) is 0 Å². The van der Waals surface area contributed by atoms with Crippen molar-refractivity contribution < 1.29 is 17.9 Å². The van der Waals surface area contributed by atoms with Gasteiger partial charge in [0.1, 0.15) is 12.4 Å². The molecule has 0 spiro atoms. The van der Waals surface area contributed by atoms with Gasteiger partial charge in [-0.3, -0.25) is 0 Å². The number of rotatable bonds is 5. The molecule has 2 aromatic rings. The van der Waals surface area contributed by atoms with Gasteiger partial charge in [0.25, 0.3) is 0 Å². The van der Waals surface area contributed by atoms with Gasteiger partial charge >= 0.3 is 6.18 Å². The molecule has 0 bridgehead atoms. The SMILES string of the molecule is CNCc1cccc(OCc2ccccc2C(F)(F)F)c1. The number of hydrogen-bond donors (Lipinski definition) is 1. The fourth-order valence-electron chi connectivity index (χ4n) is 2.03. The minimum Gasteiger partial charge on any atom is -0.489 e. The first-order valence-corrected chi connectivity index (χ1v) is 6.52. The summed E-state index contributed by atoms with van der Waals surface area (Å²) in [4.78, 5) is 0. The van der Waals surface area contributed by atoms with Crippen LogP contribution in [0, 0.1) is 0 Å². The third-order valence-electron chi connectivity index (χ3n) is 3.00. The second kappa shape index (κ2) is 6.63. The highest BCUT2D eigenvalue weighted by atomic mass is 19.4. The van der Waals surface area contributed by atoms with E-state index >= 15 is 0 Å². The standard InChI is InChI=1S/C16H16F3NO/c1-20-10-12-5-4-7-14(9-12)21-11-13-6-2-3-8-15(13)16(17,18)19/h2-9,20H,10-11H2,1H3. The Labute approximate surface area is 121 Å². The maximum absolute atomic E-state index is 12.9. The highest BCUT2D eigenvalue weighted by Gasteiger charge is 2.32. The van der Waals surface area contributed by atoms with Crippen LogP contribution in [0.25, 0.3) is 0 Å². The van der Waals surface area contributed by atoms with Crippen molar-refractivity contribution >= 4 is 0 Å². The Morgan fingerprint density at radius 2 is 1.81 bits per heavy atom. The van der Waals surface area contributed by atoms with Crippen molar-refractivity contribution in [2.75, 3.05) is 7.05 Å². The van der Waals surface area contributed by atoms with Gasteiger partial charge in [-0.2, -0.15) is 13.2 Å². The second-order valence-corrected chi connectivity index (χ2v) is 4.62. The number of nitrogens with one attached hydrogen (secondary N) is 1. The van der Waals surface area contributed by atoms with Crippen LogP contribution in [0.15, 0.2) is 48.5 Å². The Hall–Kier alpha value is -2.01. The molecule has 2 nitrogen and oxygen atoms in total. The van der Waals surface area contributed by atoms with Crippen LogP contribution in [-0.4, -0.2) is 7.05 Å². The lowest BCUT2D eigenvalue weighted by molar-refractivity contribution is -0.138. The van der Waals surface area contributed by atoms with Crippen molar-refractivity contribution in [3.63, 3.8) is 0 Å². The molecule has 5 heteroatoms. The molecule has 0 atom stereocenters. The zero-order valence-corrected chi connectivity index (χ0v) is 11.6. The van der Waals surface area contributed by atoms with Crippen LogP contribution >= 0.6 is 0 Å². The van der Waals surface area contributed by atoms with Crippen LogP contribution in [-0.2, 0) is 19.3 Å². The maximum Gasteiger partial charge on any atom is 0.416 e. The van der Waals surface area contributed by atoms with Crippen LogP contribution in [0.4, 0.5) is 13.2 Å². The summed E-state index contributed by atoms with van der Waals surface area (Å²) in [5, 5.41) is 3.01. The third-order valence-corrected chi connectivity index (χ3v) is 3.00. The lowest BCUT2D eigenvalue weighted by Gasteiger charge is -2.14. The van der Waals surface area contributed by atoms with E-state index in [9.17, 15) is 13.2 Å². The molecule has 0 aromatic heterocycles. The quantitative estimate of drug-likeness (QED) is 0.900. The second-order valence-electron chi connectivity index (χ2n) is 4.62. The summed E-state index contributed by atoms with van der Waals surface area (Å²) in [5.41, 5.74) is 0.486. The van der Waals surface area contributed by atoms with Crippen LogP contribution in [0.5, 0.6) is 5.75 Å². The summed E-state index contributed by atoms with van der Waals surface area (Å²) in [7, 11) is 1.83. The summed E-state index contributed by atoms with van der Waals surface area (Å²) in [6, 6.07) is 12.7. The first-order chi connectivity index (χ1) is 10.0. The fourth-order valence-corrected chi connectivity index (χ4v) is 2.03. The van der Waals surface area contributed by atoms with E-state index in [0.717, 1.165) is 11.6 Å². The van der Waals surface area contributed by atoms with Gasteiger partial charge in [-0.1, -0.05) is 30.3 Å². The highest BCUT2D eigenvalue weighted by Crippen LogP contribution is 2.32. The molecule has 0 aliphatic heterocycles. The first-order valence-electron chi connectivity index (χ1n) is 6.52. The van der Waals surface area contributed by atoms with Gasteiger partial charge in [0.05, 0.1) is 5.56 Å². The number of hydrogen-bond acceptors (Lipinski definition) is 2. The minimum absolute atomic E-state index is 0.112. The van der Waals surface area contributed by atoms with Gasteiger partial charge in [0, 0.05) is 12.1 Å². The van der Waals surface area contributed by atoms with Crippen LogP contribution in [0.2, 0.25) is 0 Å². The molecule has 112 valence electrons. The average molecular weight is 295 g/mol. The molecular weight excluding hydrogens is 279 g/mol. The summed E-state index contributed by atoms with van der Waals surface area (Å²) in [5.74, 6) is 0.555. The summed E-state index contributed by atoms with van der Waals surface area (Å²) in [6.07, 6.45) is -4.37. The predicted molar refractivity (Wildman–Crippen MR) is 75.0 cm³/mol. The van der Waals surface area contributed by atoms with E-state index in [2.05, 4.69) is 5.32 Å². The third kappa shape index (κ3) is 4.23. The highest BCUT2D eigenvalue weighted by molar-refractivity contribution is 5.31. The first kappa shape index (κ1) is 15.4. The molecular formula is C16H16F3NO. The molecule has 2 aromatic carbocycles. The Kier molecular flexibility index (Phi) is 4.85. The van der Waals surface area contributed by atoms with Crippen LogP contribution in [0.3, 0.4) is 0 Å². The molecule has 0 aliphatic carbocycles. The lowest BCUT2D eigenvalue weighted by atomic mass is 10.1. The zero-order chi connectivity index (χ0) is 15.3. The molecule has 0 unspecified atom stereocenters. The Morgan fingerprint density at radius 1 is 1.05 bits per heavy atom. The fraction of sp³-hybridized carbons (Fsp3) is 0.250. The van der Waals surface area contributed by atoms with E-state index in [4.69, 9.17) is 4.74 Å². The molecule has 0 saturated carbocycles. The summed E-state index contributed by atoms with van der Waals surface area (Å²) in [6.45, 7) is 0.565. The smallest absolute Gasteiger partial charge is 0.416 e. The van der Waals surface area contributed by atoms with Gasteiger partial charge in [0.15, 0.2) is 0 Å². The molecule has 0 aliphatic rings. The van der Waals surface area contributed by atoms with E-state index in [-0.39, 0.29) is 12.2 Å². The predicted octanol–water partition coefficient (Wildman–Crippen LogP) is 4.00. The van der Waals surface area contributed by atoms with Crippen LogP contribution < -0.4 is 10.1 Å². The van der Waals surface area contributed by atoms with Crippen molar-refractivity contribution in [1.82, 2.24) is 5.32 Å². The molecule has 0 amide bonds. The van der Waals surface area contributed by atoms with E-state index in [0.29, 0.717) is 12.3 Å². The van der Waals surface area contributed by atoms with Crippen LogP contribution in [0.1, 0.15) is 16.7 Å². The van der Waals surface area contributed by atoms with Crippen molar-refractivity contribution in [3.8, 4) is 5.75 Å². The van der Waals surface area contributed by atoms with Crippen molar-refractivity contribution in [1.29, 1.82) is 0 Å². The average Bonchev–Trinajstić information content (AvgIpc) is 2.45. The van der Waals surface area contributed by atoms with Gasteiger partial charge in [0.2, 0.25) is 0 Å². The summed E-state index contributed by atoms with van der Waals surface area (Å²) >= 11 is 0. The molecule has 0 saturated heterocycles. The maximum atomic E-state index is 12.9. The van der Waals surface area contributed by atoms with Gasteiger partial charge in [-0.25, -0.2) is 0 Å². The van der Waals surface area contributed by atoms with E-state index < -0.39 is 11.7 Å². The normalized spacial score (nSPS) is 11.4. The van der Waals surface area contributed by atoms with Crippen molar-refractivity contribution in [3.05, 3.63) is 65.2 Å². The topological polar surface area (TPSA) is 21.3 Å². The molecule has 1 N–H and O–H groups in total. The summed E-state index contributed by atoms with van der Waals surface area (Å²) < 4.78 is 44.1. The van der Waals surface area contributed by atoms with E-state index in [1.165, 1.54) is 12.1 Å². The Bertz CT molecular complexity index is 596. The Morgan fingerprint density at radius 3 is 2.52 bits per heavy atom. The van der Waals surface area contributed by atoms with Crippen molar-refractivity contribution in [2.24, 2.45) is 0 Å². The van der Waals surface area contributed by atoms with Gasteiger partial charge < -0.3 is 10.1 Å². The molecule has 0 fully saturated rings. The molecule has 2 rings (SSSR count). The zero-order valence-electron chi connectivity index (χ0n) is 11.6. The van der Waals surface area contributed by atoms with E-state index in [1.807, 2.05) is 25.2 Å². The molecule has 21 heavy (non-hydrogen) atoms. The van der Waals surface area contributed by atoms with Gasteiger partial charge in [-0.05, 0) is 30.8 Å². The number of alkyl halides is 3. The largest absolute Gasteiger partial charge is 0.489 e.